The summed E-state index contributed by atoms with van der Waals surface area (Å²) in [5, 5.41) is 3.61. The SMILES string of the molecule is NN=C1C=CC=C2C=CN=C21. The lowest BCUT2D eigenvalue weighted by Gasteiger charge is -2.04. The van der Waals surface area contributed by atoms with Gasteiger partial charge in [-0.3, -0.25) is 4.99 Å². The third kappa shape index (κ3) is 0.816. The van der Waals surface area contributed by atoms with Gasteiger partial charge < -0.3 is 5.84 Å². The third-order valence-electron chi connectivity index (χ3n) is 1.64. The lowest BCUT2D eigenvalue weighted by atomic mass is 10.0. The molecule has 0 bridgehead atoms. The molecule has 2 rings (SSSR count). The minimum atomic E-state index is 0.743. The Labute approximate surface area is 64.3 Å². The summed E-state index contributed by atoms with van der Waals surface area (Å²) in [7, 11) is 0. The number of allylic oxidation sites excluding steroid dienone is 5. The molecule has 2 aliphatic rings. The molecule has 0 spiro atoms. The second-order valence-corrected chi connectivity index (χ2v) is 2.29. The summed E-state index contributed by atoms with van der Waals surface area (Å²) in [6, 6.07) is 0. The van der Waals surface area contributed by atoms with Gasteiger partial charge in [-0.2, -0.15) is 5.10 Å². The van der Waals surface area contributed by atoms with Crippen LogP contribution in [0.25, 0.3) is 0 Å². The first-order valence-electron chi connectivity index (χ1n) is 3.33. The molecule has 2 N–H and O–H groups in total. The number of hydrazone groups is 1. The summed E-state index contributed by atoms with van der Waals surface area (Å²) in [6.45, 7) is 0. The van der Waals surface area contributed by atoms with E-state index in [9.17, 15) is 0 Å². The number of hydrogen-bond donors (Lipinski definition) is 1. The molecule has 0 atom stereocenters. The van der Waals surface area contributed by atoms with E-state index in [0.29, 0.717) is 0 Å². The van der Waals surface area contributed by atoms with Crippen LogP contribution in [-0.4, -0.2) is 11.4 Å². The maximum Gasteiger partial charge on any atom is 0.109 e. The van der Waals surface area contributed by atoms with Crippen molar-refractivity contribution in [3.63, 3.8) is 0 Å². The highest BCUT2D eigenvalue weighted by Gasteiger charge is 2.15. The van der Waals surface area contributed by atoms with Gasteiger partial charge in [0.2, 0.25) is 0 Å². The van der Waals surface area contributed by atoms with E-state index in [1.807, 2.05) is 24.3 Å². The van der Waals surface area contributed by atoms with Crippen LogP contribution >= 0.6 is 0 Å². The monoisotopic (exact) mass is 145 g/mol. The second-order valence-electron chi connectivity index (χ2n) is 2.29. The first-order chi connectivity index (χ1) is 5.42. The largest absolute Gasteiger partial charge is 0.323 e. The molecule has 0 saturated heterocycles. The van der Waals surface area contributed by atoms with Gasteiger partial charge in [-0.1, -0.05) is 12.2 Å². The van der Waals surface area contributed by atoms with Gasteiger partial charge in [-0.05, 0) is 12.2 Å². The van der Waals surface area contributed by atoms with E-state index in [4.69, 9.17) is 5.84 Å². The van der Waals surface area contributed by atoms with Crippen LogP contribution in [0, 0.1) is 0 Å². The summed E-state index contributed by atoms with van der Waals surface area (Å²) in [4.78, 5) is 4.12. The predicted octanol–water partition coefficient (Wildman–Crippen LogP) is 0.766. The molecule has 0 unspecified atom stereocenters. The van der Waals surface area contributed by atoms with Crippen LogP contribution in [-0.2, 0) is 0 Å². The number of nitrogens with two attached hydrogens (primary N) is 1. The van der Waals surface area contributed by atoms with E-state index in [1.54, 1.807) is 6.20 Å². The molecule has 1 aliphatic heterocycles. The average Bonchev–Trinajstić information content (AvgIpc) is 2.50. The number of fused-ring (bicyclic) bond motifs is 1. The number of hydrogen-bond acceptors (Lipinski definition) is 3. The molecule has 1 heterocycles. The highest BCUT2D eigenvalue weighted by molar-refractivity contribution is 6.53. The van der Waals surface area contributed by atoms with Gasteiger partial charge in [0.15, 0.2) is 0 Å². The van der Waals surface area contributed by atoms with Crippen LogP contribution in [0.4, 0.5) is 0 Å². The summed E-state index contributed by atoms with van der Waals surface area (Å²) >= 11 is 0. The van der Waals surface area contributed by atoms with E-state index in [2.05, 4.69) is 10.1 Å². The molecule has 54 valence electrons. The molecular weight excluding hydrogens is 138 g/mol. The van der Waals surface area contributed by atoms with Gasteiger partial charge in [-0.15, -0.1) is 0 Å². The quantitative estimate of drug-likeness (QED) is 0.305. The van der Waals surface area contributed by atoms with Crippen molar-refractivity contribution in [2.24, 2.45) is 15.9 Å². The first kappa shape index (κ1) is 6.09. The normalized spacial score (nSPS) is 23.5. The fourth-order valence-electron chi connectivity index (χ4n) is 1.12. The fourth-order valence-corrected chi connectivity index (χ4v) is 1.12. The Morgan fingerprint density at radius 1 is 1.36 bits per heavy atom. The Bertz CT molecular complexity index is 329. The maximum atomic E-state index is 5.16. The summed E-state index contributed by atoms with van der Waals surface area (Å²) < 4.78 is 0. The van der Waals surface area contributed by atoms with E-state index in [0.717, 1.165) is 17.0 Å². The van der Waals surface area contributed by atoms with Crippen molar-refractivity contribution in [2.45, 2.75) is 0 Å². The minimum absolute atomic E-state index is 0.743. The van der Waals surface area contributed by atoms with Gasteiger partial charge in [0.25, 0.3) is 0 Å². The zero-order valence-electron chi connectivity index (χ0n) is 5.86. The van der Waals surface area contributed by atoms with E-state index >= 15 is 0 Å². The zero-order valence-corrected chi connectivity index (χ0v) is 5.86. The van der Waals surface area contributed by atoms with Crippen molar-refractivity contribution in [2.75, 3.05) is 0 Å². The van der Waals surface area contributed by atoms with Crippen molar-refractivity contribution < 1.29 is 0 Å². The lowest BCUT2D eigenvalue weighted by Crippen LogP contribution is -2.15. The summed E-state index contributed by atoms with van der Waals surface area (Å²) in [5.74, 6) is 5.16. The minimum Gasteiger partial charge on any atom is -0.323 e. The molecule has 3 heteroatoms. The van der Waals surface area contributed by atoms with Crippen LogP contribution in [0.15, 0.2) is 46.2 Å². The van der Waals surface area contributed by atoms with Crippen LogP contribution in [0.5, 0.6) is 0 Å². The van der Waals surface area contributed by atoms with Gasteiger partial charge in [0.1, 0.15) is 5.71 Å². The van der Waals surface area contributed by atoms with Crippen molar-refractivity contribution in [3.8, 4) is 0 Å². The lowest BCUT2D eigenvalue weighted by molar-refractivity contribution is 1.26. The van der Waals surface area contributed by atoms with Gasteiger partial charge >= 0.3 is 0 Å². The van der Waals surface area contributed by atoms with E-state index in [1.165, 1.54) is 0 Å². The Hall–Kier alpha value is -1.64. The molecule has 0 aromatic rings. The van der Waals surface area contributed by atoms with Gasteiger partial charge in [-0.25, -0.2) is 0 Å². The van der Waals surface area contributed by atoms with Crippen LogP contribution < -0.4 is 5.84 Å². The molecular formula is C8H7N3. The third-order valence-corrected chi connectivity index (χ3v) is 1.64. The summed E-state index contributed by atoms with van der Waals surface area (Å²) in [6.07, 6.45) is 9.42. The molecule has 0 fully saturated rings. The molecule has 0 saturated carbocycles. The number of nitrogens with zero attached hydrogens (tertiary/aromatic N) is 2. The molecule has 1 aliphatic carbocycles. The topological polar surface area (TPSA) is 50.7 Å². The van der Waals surface area contributed by atoms with Gasteiger partial charge in [0, 0.05) is 11.8 Å². The fraction of sp³-hybridized carbons (Fsp3) is 0. The van der Waals surface area contributed by atoms with Gasteiger partial charge in [0.05, 0.1) is 5.71 Å². The highest BCUT2D eigenvalue weighted by atomic mass is 15.1. The predicted molar refractivity (Wildman–Crippen MR) is 45.4 cm³/mol. The Balaban J connectivity index is 2.50. The molecule has 0 aromatic carbocycles. The Morgan fingerprint density at radius 3 is 3.09 bits per heavy atom. The van der Waals surface area contributed by atoms with Crippen LogP contribution in [0.1, 0.15) is 0 Å². The smallest absolute Gasteiger partial charge is 0.109 e. The zero-order chi connectivity index (χ0) is 7.68. The van der Waals surface area contributed by atoms with Crippen LogP contribution in [0.2, 0.25) is 0 Å². The molecule has 0 aromatic heterocycles. The number of aliphatic imine (C=N–C) groups is 1. The van der Waals surface area contributed by atoms with Crippen molar-refractivity contribution in [1.82, 2.24) is 0 Å². The van der Waals surface area contributed by atoms with Crippen molar-refractivity contribution in [1.29, 1.82) is 0 Å². The Morgan fingerprint density at radius 2 is 2.27 bits per heavy atom. The second kappa shape index (κ2) is 2.20. The average molecular weight is 145 g/mol. The standard InChI is InChI=1S/C8H7N3/c9-11-7-3-1-2-6-4-5-10-8(6)7/h1-5H,9H2. The Kier molecular flexibility index (Phi) is 1.22. The van der Waals surface area contributed by atoms with E-state index < -0.39 is 0 Å². The molecule has 11 heavy (non-hydrogen) atoms. The molecule has 0 radical (unpaired) electrons. The summed E-state index contributed by atoms with van der Waals surface area (Å²) in [5.41, 5.74) is 2.69. The van der Waals surface area contributed by atoms with E-state index in [-0.39, 0.29) is 0 Å². The maximum absolute atomic E-state index is 5.16. The molecule has 0 amide bonds. The molecule has 3 nitrogen and oxygen atoms in total. The first-order valence-corrected chi connectivity index (χ1v) is 3.33. The number of rotatable bonds is 0. The van der Waals surface area contributed by atoms with Crippen molar-refractivity contribution >= 4 is 11.4 Å². The van der Waals surface area contributed by atoms with Crippen LogP contribution in [0.3, 0.4) is 0 Å². The highest BCUT2D eigenvalue weighted by Crippen LogP contribution is 2.14. The van der Waals surface area contributed by atoms with Crippen molar-refractivity contribution in [3.05, 3.63) is 36.1 Å².